The molecule has 6 aromatic rings. The van der Waals surface area contributed by atoms with Gasteiger partial charge in [-0.2, -0.15) is 0 Å². The first-order valence-corrected chi connectivity index (χ1v) is 22.6. The SMILES string of the molecule is COc1ccc(C2(c3ccc(OC)cc3)C=Cc3c4c(c5cc(SC)c(-c6ccc(N7CCOCC7)cc6)cc5c3O2)-c2ccccc2C42CC(C)(C)CC(C)(C)C2)cc1. The molecule has 1 saturated carbocycles. The minimum absolute atomic E-state index is 0.134. The molecule has 5 nitrogen and oxygen atoms in total. The van der Waals surface area contributed by atoms with Gasteiger partial charge in [-0.15, -0.1) is 11.8 Å². The summed E-state index contributed by atoms with van der Waals surface area (Å²) in [5, 5.41) is 2.38. The van der Waals surface area contributed by atoms with Crippen LogP contribution in [0.15, 0.2) is 120 Å². The van der Waals surface area contributed by atoms with Gasteiger partial charge in [-0.25, -0.2) is 0 Å². The minimum atomic E-state index is -0.922. The van der Waals surface area contributed by atoms with Gasteiger partial charge in [-0.3, -0.25) is 0 Å². The lowest BCUT2D eigenvalue weighted by Crippen LogP contribution is -2.44. The monoisotopic (exact) mass is 813 g/mol. The first-order valence-electron chi connectivity index (χ1n) is 21.4. The Morgan fingerprint density at radius 2 is 1.28 bits per heavy atom. The molecule has 0 bridgehead atoms. The third kappa shape index (κ3) is 6.24. The second-order valence-electron chi connectivity index (χ2n) is 18.9. The normalized spacial score (nSPS) is 19.0. The average molecular weight is 814 g/mol. The van der Waals surface area contributed by atoms with Gasteiger partial charge in [-0.1, -0.05) is 94.4 Å². The molecule has 6 aromatic carbocycles. The second-order valence-corrected chi connectivity index (χ2v) is 19.7. The first-order chi connectivity index (χ1) is 29.0. The Kier molecular flexibility index (Phi) is 9.42. The molecule has 6 heteroatoms. The summed E-state index contributed by atoms with van der Waals surface area (Å²) in [4.78, 5) is 3.68. The van der Waals surface area contributed by atoms with Gasteiger partial charge in [0.05, 0.1) is 27.4 Å². The number of morpholine rings is 1. The van der Waals surface area contributed by atoms with Crippen molar-refractivity contribution in [3.8, 4) is 39.5 Å². The lowest BCUT2D eigenvalue weighted by atomic mass is 9.52. The molecular formula is C54H55NO4S. The lowest BCUT2D eigenvalue weighted by Gasteiger charge is -2.52. The van der Waals surface area contributed by atoms with Gasteiger partial charge >= 0.3 is 0 Å². The molecule has 10 rings (SSSR count). The standard InChI is InChI=1S/C54H55NO4S/c1-51(2)32-52(3,4)34-53(33-51)46-11-9-8-10-41(46)48-44-31-47(60-7)43(35-12-18-38(19-13-35)55-26-28-58-29-27-55)30-45(44)50-42(49(48)53)24-25-54(59-50,36-14-20-39(56-5)21-15-36)37-16-22-40(57-6)23-17-37/h8-25,30-31H,26-29,32-34H2,1-7H3. The highest BCUT2D eigenvalue weighted by Gasteiger charge is 2.55. The van der Waals surface area contributed by atoms with E-state index in [2.05, 4.69) is 136 Å². The zero-order chi connectivity index (χ0) is 41.4. The summed E-state index contributed by atoms with van der Waals surface area (Å²) >= 11 is 1.82. The molecule has 0 radical (unpaired) electrons. The van der Waals surface area contributed by atoms with E-state index in [-0.39, 0.29) is 16.2 Å². The lowest BCUT2D eigenvalue weighted by molar-refractivity contribution is 0.0642. The fraction of sp³-hybridized carbons (Fsp3) is 0.333. The van der Waals surface area contributed by atoms with Gasteiger partial charge in [0.1, 0.15) is 17.2 Å². The molecule has 0 unspecified atom stereocenters. The van der Waals surface area contributed by atoms with E-state index >= 15 is 0 Å². The van der Waals surface area contributed by atoms with E-state index in [1.165, 1.54) is 61.3 Å². The molecule has 2 fully saturated rings. The van der Waals surface area contributed by atoms with Gasteiger partial charge in [-0.05, 0) is 130 Å². The van der Waals surface area contributed by atoms with Crippen LogP contribution < -0.4 is 19.1 Å². The van der Waals surface area contributed by atoms with E-state index in [1.807, 2.05) is 36.0 Å². The van der Waals surface area contributed by atoms with Gasteiger partial charge < -0.3 is 23.8 Å². The maximum Gasteiger partial charge on any atom is 0.178 e. The molecular weight excluding hydrogens is 759 g/mol. The minimum Gasteiger partial charge on any atom is -0.497 e. The maximum absolute atomic E-state index is 7.88. The van der Waals surface area contributed by atoms with E-state index in [4.69, 9.17) is 18.9 Å². The average Bonchev–Trinajstić information content (AvgIpc) is 3.53. The topological polar surface area (TPSA) is 40.2 Å². The van der Waals surface area contributed by atoms with Crippen LogP contribution in [0.5, 0.6) is 17.2 Å². The summed E-state index contributed by atoms with van der Waals surface area (Å²) in [6, 6.07) is 40.1. The molecule has 1 spiro atoms. The molecule has 60 heavy (non-hydrogen) atoms. The van der Waals surface area contributed by atoms with Crippen molar-refractivity contribution >= 4 is 34.3 Å². The van der Waals surface area contributed by atoms with Gasteiger partial charge in [0.25, 0.3) is 0 Å². The van der Waals surface area contributed by atoms with Crippen molar-refractivity contribution in [3.05, 3.63) is 143 Å². The van der Waals surface area contributed by atoms with Gasteiger partial charge in [0.2, 0.25) is 0 Å². The molecule has 0 atom stereocenters. The zero-order valence-corrected chi connectivity index (χ0v) is 36.8. The van der Waals surface area contributed by atoms with Crippen LogP contribution in [-0.2, 0) is 15.8 Å². The third-order valence-electron chi connectivity index (χ3n) is 13.7. The fourth-order valence-electron chi connectivity index (χ4n) is 11.9. The number of thioether (sulfide) groups is 1. The number of hydrogen-bond donors (Lipinski definition) is 0. The highest BCUT2D eigenvalue weighted by Crippen LogP contribution is 2.67. The molecule has 2 heterocycles. The number of benzene rings is 6. The van der Waals surface area contributed by atoms with Crippen LogP contribution in [0.1, 0.15) is 74.8 Å². The number of anilines is 1. The summed E-state index contributed by atoms with van der Waals surface area (Å²) in [5.74, 6) is 2.55. The van der Waals surface area contributed by atoms with Crippen molar-refractivity contribution in [3.63, 3.8) is 0 Å². The Labute approximate surface area is 359 Å². The molecule has 306 valence electrons. The van der Waals surface area contributed by atoms with Crippen molar-refractivity contribution in [2.75, 3.05) is 51.7 Å². The predicted octanol–water partition coefficient (Wildman–Crippen LogP) is 12.9. The third-order valence-corrected chi connectivity index (χ3v) is 14.4. The Morgan fingerprint density at radius 1 is 0.667 bits per heavy atom. The van der Waals surface area contributed by atoms with Crippen LogP contribution in [-0.4, -0.2) is 46.8 Å². The van der Waals surface area contributed by atoms with Gasteiger partial charge in [0.15, 0.2) is 5.60 Å². The Bertz CT molecular complexity index is 2570. The molecule has 4 aliphatic rings. The molecule has 2 aliphatic heterocycles. The summed E-state index contributed by atoms with van der Waals surface area (Å²) in [6.45, 7) is 13.3. The number of ether oxygens (including phenoxy) is 4. The number of rotatable bonds is 7. The second kappa shape index (κ2) is 14.5. The van der Waals surface area contributed by atoms with E-state index in [0.29, 0.717) is 0 Å². The van der Waals surface area contributed by atoms with Crippen LogP contribution in [0.2, 0.25) is 0 Å². The number of methoxy groups -OCH3 is 2. The summed E-state index contributed by atoms with van der Waals surface area (Å²) < 4.78 is 24.8. The van der Waals surface area contributed by atoms with E-state index in [1.54, 1.807) is 14.2 Å². The Hall–Kier alpha value is -5.17. The van der Waals surface area contributed by atoms with Crippen LogP contribution in [0.3, 0.4) is 0 Å². The quantitative estimate of drug-likeness (QED) is 0.150. The van der Waals surface area contributed by atoms with E-state index in [0.717, 1.165) is 72.9 Å². The molecule has 0 amide bonds. The van der Waals surface area contributed by atoms with E-state index in [9.17, 15) is 0 Å². The van der Waals surface area contributed by atoms with Crippen molar-refractivity contribution in [2.45, 2.75) is 62.9 Å². The van der Waals surface area contributed by atoms with Crippen LogP contribution in [0.25, 0.3) is 39.1 Å². The zero-order valence-electron chi connectivity index (χ0n) is 36.0. The van der Waals surface area contributed by atoms with Gasteiger partial charge in [0, 0.05) is 51.2 Å². The van der Waals surface area contributed by atoms with Crippen molar-refractivity contribution in [1.82, 2.24) is 0 Å². The molecule has 1 saturated heterocycles. The van der Waals surface area contributed by atoms with Crippen molar-refractivity contribution in [1.29, 1.82) is 0 Å². The Morgan fingerprint density at radius 3 is 1.88 bits per heavy atom. The molecule has 2 aliphatic carbocycles. The van der Waals surface area contributed by atoms with Crippen molar-refractivity contribution in [2.24, 2.45) is 10.8 Å². The Balaban J connectivity index is 1.27. The summed E-state index contributed by atoms with van der Waals surface area (Å²) in [6.07, 6.45) is 10.3. The highest BCUT2D eigenvalue weighted by atomic mass is 32.2. The number of hydrogen-bond acceptors (Lipinski definition) is 6. The maximum atomic E-state index is 7.88. The molecule has 0 N–H and O–H groups in total. The fourth-order valence-corrected chi connectivity index (χ4v) is 12.5. The van der Waals surface area contributed by atoms with Crippen LogP contribution >= 0.6 is 11.8 Å². The number of fused-ring (bicyclic) bond motifs is 10. The van der Waals surface area contributed by atoms with E-state index < -0.39 is 5.60 Å². The van der Waals surface area contributed by atoms with Crippen LogP contribution in [0.4, 0.5) is 5.69 Å². The summed E-state index contributed by atoms with van der Waals surface area (Å²) in [7, 11) is 3.43. The predicted molar refractivity (Wildman–Crippen MR) is 248 cm³/mol. The van der Waals surface area contributed by atoms with Crippen LogP contribution in [0, 0.1) is 10.8 Å². The molecule has 0 aromatic heterocycles. The number of nitrogens with zero attached hydrogens (tertiary/aromatic N) is 1. The smallest absolute Gasteiger partial charge is 0.178 e. The summed E-state index contributed by atoms with van der Waals surface area (Å²) in [5.41, 5.74) is 11.7. The highest BCUT2D eigenvalue weighted by molar-refractivity contribution is 7.98. The largest absolute Gasteiger partial charge is 0.497 e. The van der Waals surface area contributed by atoms with Crippen molar-refractivity contribution < 1.29 is 18.9 Å². The first kappa shape index (κ1) is 39.0.